The van der Waals surface area contributed by atoms with Gasteiger partial charge in [-0.3, -0.25) is 0 Å². The number of nitrogens with zero attached hydrogens (tertiary/aromatic N) is 1. The second-order valence-corrected chi connectivity index (χ2v) is 6.51. The van der Waals surface area contributed by atoms with Gasteiger partial charge < -0.3 is 15.3 Å². The smallest absolute Gasteiger partial charge is 0.329 e. The van der Waals surface area contributed by atoms with E-state index in [1.54, 1.807) is 0 Å². The Bertz CT molecular complexity index is 358. The standard InChI is InChI=1S/C13H22N2O3S/c1-2-13(11(16)17)5-3-6-15(13)12(18)14-8-10-4-7-19-9-10/h10H,2-9H2,1H3,(H,14,18)(H,16,17). The lowest BCUT2D eigenvalue weighted by molar-refractivity contribution is -0.148. The van der Waals surface area contributed by atoms with Gasteiger partial charge in [0.15, 0.2) is 0 Å². The van der Waals surface area contributed by atoms with Crippen LogP contribution in [-0.2, 0) is 4.79 Å². The first-order valence-electron chi connectivity index (χ1n) is 6.97. The second-order valence-electron chi connectivity index (χ2n) is 5.36. The van der Waals surface area contributed by atoms with Crippen LogP contribution in [0.4, 0.5) is 4.79 Å². The summed E-state index contributed by atoms with van der Waals surface area (Å²) in [5, 5.41) is 12.4. The Morgan fingerprint density at radius 1 is 1.53 bits per heavy atom. The minimum atomic E-state index is -0.992. The molecule has 2 aliphatic heterocycles. The Hall–Kier alpha value is -0.910. The van der Waals surface area contributed by atoms with Crippen LogP contribution in [0, 0.1) is 5.92 Å². The molecule has 2 unspecified atom stereocenters. The molecule has 2 N–H and O–H groups in total. The number of amides is 2. The van der Waals surface area contributed by atoms with Crippen molar-refractivity contribution in [3.63, 3.8) is 0 Å². The summed E-state index contributed by atoms with van der Waals surface area (Å²) >= 11 is 1.92. The Morgan fingerprint density at radius 2 is 2.32 bits per heavy atom. The van der Waals surface area contributed by atoms with Crippen LogP contribution in [-0.4, -0.2) is 52.1 Å². The van der Waals surface area contributed by atoms with Gasteiger partial charge in [0.2, 0.25) is 0 Å². The van der Waals surface area contributed by atoms with Crippen LogP contribution < -0.4 is 5.32 Å². The predicted molar refractivity (Wildman–Crippen MR) is 75.4 cm³/mol. The van der Waals surface area contributed by atoms with Crippen molar-refractivity contribution in [2.24, 2.45) is 5.92 Å². The van der Waals surface area contributed by atoms with E-state index in [4.69, 9.17) is 0 Å². The van der Waals surface area contributed by atoms with Gasteiger partial charge in [-0.05, 0) is 43.1 Å². The van der Waals surface area contributed by atoms with E-state index in [0.717, 1.165) is 24.3 Å². The maximum atomic E-state index is 12.2. The molecule has 2 fully saturated rings. The number of carbonyl (C=O) groups excluding carboxylic acids is 1. The minimum absolute atomic E-state index is 0.210. The highest BCUT2D eigenvalue weighted by Crippen LogP contribution is 2.32. The zero-order valence-electron chi connectivity index (χ0n) is 11.4. The average Bonchev–Trinajstić information content (AvgIpc) is 3.05. The molecule has 2 heterocycles. The largest absolute Gasteiger partial charge is 0.479 e. The Kier molecular flexibility index (Phi) is 4.60. The average molecular weight is 286 g/mol. The number of nitrogens with one attached hydrogen (secondary N) is 1. The summed E-state index contributed by atoms with van der Waals surface area (Å²) in [4.78, 5) is 25.3. The molecule has 0 aromatic rings. The lowest BCUT2D eigenvalue weighted by atomic mass is 9.93. The van der Waals surface area contributed by atoms with Gasteiger partial charge in [-0.15, -0.1) is 0 Å². The van der Waals surface area contributed by atoms with Gasteiger partial charge in [0.25, 0.3) is 0 Å². The van der Waals surface area contributed by atoms with Crippen LogP contribution in [0.3, 0.4) is 0 Å². The van der Waals surface area contributed by atoms with Gasteiger partial charge >= 0.3 is 12.0 Å². The fourth-order valence-electron chi connectivity index (χ4n) is 2.99. The number of hydrogen-bond donors (Lipinski definition) is 2. The van der Waals surface area contributed by atoms with Crippen LogP contribution in [0.5, 0.6) is 0 Å². The number of carboxylic acids is 1. The molecule has 0 radical (unpaired) electrons. The predicted octanol–water partition coefficient (Wildman–Crippen LogP) is 1.78. The number of carbonyl (C=O) groups is 2. The number of aliphatic carboxylic acids is 1. The highest BCUT2D eigenvalue weighted by Gasteiger charge is 2.48. The Labute approximate surface area is 118 Å². The fraction of sp³-hybridized carbons (Fsp3) is 0.846. The molecule has 0 aliphatic carbocycles. The van der Waals surface area contributed by atoms with Crippen LogP contribution in [0.2, 0.25) is 0 Å². The van der Waals surface area contributed by atoms with Crippen molar-refractivity contribution in [3.05, 3.63) is 0 Å². The van der Waals surface area contributed by atoms with Crippen molar-refractivity contribution in [3.8, 4) is 0 Å². The molecule has 2 rings (SSSR count). The molecule has 0 saturated carbocycles. The molecule has 0 aromatic heterocycles. The van der Waals surface area contributed by atoms with E-state index in [1.165, 1.54) is 4.90 Å². The quantitative estimate of drug-likeness (QED) is 0.826. The first-order valence-corrected chi connectivity index (χ1v) is 8.12. The summed E-state index contributed by atoms with van der Waals surface area (Å²) in [7, 11) is 0. The van der Waals surface area contributed by atoms with Crippen molar-refractivity contribution >= 4 is 23.8 Å². The Balaban J connectivity index is 1.95. The number of carboxylic acid groups (broad SMARTS) is 1. The van der Waals surface area contributed by atoms with Gasteiger partial charge in [0.1, 0.15) is 5.54 Å². The first kappa shape index (κ1) is 14.5. The zero-order valence-corrected chi connectivity index (χ0v) is 12.2. The van der Waals surface area contributed by atoms with Crippen LogP contribution in [0.25, 0.3) is 0 Å². The van der Waals surface area contributed by atoms with Crippen LogP contribution >= 0.6 is 11.8 Å². The zero-order chi connectivity index (χ0) is 13.9. The molecular formula is C13H22N2O3S. The molecule has 2 atom stereocenters. The molecule has 0 bridgehead atoms. The van der Waals surface area contributed by atoms with E-state index >= 15 is 0 Å². The van der Waals surface area contributed by atoms with Crippen molar-refractivity contribution in [2.45, 2.75) is 38.1 Å². The van der Waals surface area contributed by atoms with Crippen molar-refractivity contribution in [2.75, 3.05) is 24.6 Å². The summed E-state index contributed by atoms with van der Waals surface area (Å²) in [6.45, 7) is 3.06. The summed E-state index contributed by atoms with van der Waals surface area (Å²) in [5.74, 6) is 1.92. The second kappa shape index (κ2) is 6.03. The number of thioether (sulfide) groups is 1. The highest BCUT2D eigenvalue weighted by atomic mass is 32.2. The van der Waals surface area contributed by atoms with Gasteiger partial charge in [-0.1, -0.05) is 6.92 Å². The number of hydrogen-bond acceptors (Lipinski definition) is 3. The van der Waals surface area contributed by atoms with E-state index < -0.39 is 11.5 Å². The van der Waals surface area contributed by atoms with Crippen molar-refractivity contribution in [1.29, 1.82) is 0 Å². The molecule has 2 saturated heterocycles. The number of rotatable bonds is 4. The number of urea groups is 1. The lowest BCUT2D eigenvalue weighted by Gasteiger charge is -2.34. The summed E-state index contributed by atoms with van der Waals surface area (Å²) in [6, 6.07) is -0.210. The molecule has 5 nitrogen and oxygen atoms in total. The highest BCUT2D eigenvalue weighted by molar-refractivity contribution is 7.99. The van der Waals surface area contributed by atoms with Gasteiger partial charge in [0.05, 0.1) is 0 Å². The van der Waals surface area contributed by atoms with Gasteiger partial charge in [-0.25, -0.2) is 9.59 Å². The SMILES string of the molecule is CCC1(C(=O)O)CCCN1C(=O)NCC1CCSC1. The summed E-state index contributed by atoms with van der Waals surface area (Å²) in [5.41, 5.74) is -0.992. The van der Waals surface area contributed by atoms with Crippen LogP contribution in [0.1, 0.15) is 32.6 Å². The normalized spacial score (nSPS) is 30.6. The molecule has 0 spiro atoms. The van der Waals surface area contributed by atoms with Gasteiger partial charge in [-0.2, -0.15) is 11.8 Å². The first-order chi connectivity index (χ1) is 9.10. The topological polar surface area (TPSA) is 69.6 Å². The third-order valence-corrected chi connectivity index (χ3v) is 5.51. The molecule has 0 aromatic carbocycles. The van der Waals surface area contributed by atoms with Crippen LogP contribution in [0.15, 0.2) is 0 Å². The molecule has 19 heavy (non-hydrogen) atoms. The third kappa shape index (κ3) is 2.83. The maximum absolute atomic E-state index is 12.2. The van der Waals surface area contributed by atoms with Crippen molar-refractivity contribution in [1.82, 2.24) is 10.2 Å². The maximum Gasteiger partial charge on any atom is 0.329 e. The van der Waals surface area contributed by atoms with E-state index in [0.29, 0.717) is 31.8 Å². The van der Waals surface area contributed by atoms with E-state index in [-0.39, 0.29) is 6.03 Å². The van der Waals surface area contributed by atoms with E-state index in [1.807, 2.05) is 18.7 Å². The molecule has 2 aliphatic rings. The minimum Gasteiger partial charge on any atom is -0.479 e. The summed E-state index contributed by atoms with van der Waals surface area (Å²) < 4.78 is 0. The molecule has 2 amide bonds. The third-order valence-electron chi connectivity index (χ3n) is 4.28. The summed E-state index contributed by atoms with van der Waals surface area (Å²) in [6.07, 6.45) is 2.94. The fourth-order valence-corrected chi connectivity index (χ4v) is 4.27. The van der Waals surface area contributed by atoms with E-state index in [2.05, 4.69) is 5.32 Å². The molecule has 6 heteroatoms. The van der Waals surface area contributed by atoms with E-state index in [9.17, 15) is 14.7 Å². The molecule has 108 valence electrons. The molecular weight excluding hydrogens is 264 g/mol. The Morgan fingerprint density at radius 3 is 2.89 bits per heavy atom. The lowest BCUT2D eigenvalue weighted by Crippen LogP contribution is -2.56. The monoisotopic (exact) mass is 286 g/mol. The van der Waals surface area contributed by atoms with Gasteiger partial charge in [0, 0.05) is 13.1 Å². The van der Waals surface area contributed by atoms with Crippen molar-refractivity contribution < 1.29 is 14.7 Å². The number of likely N-dealkylation sites (tertiary alicyclic amines) is 1.